The van der Waals surface area contributed by atoms with Gasteiger partial charge in [-0.2, -0.15) is 0 Å². The lowest BCUT2D eigenvalue weighted by Gasteiger charge is -2.67. The number of cyclic esters (lactones) is 1. The van der Waals surface area contributed by atoms with Crippen LogP contribution in [0.3, 0.4) is 0 Å². The molecule has 2 aromatic rings. The maximum absolute atomic E-state index is 14.6. The summed E-state index contributed by atoms with van der Waals surface area (Å²) in [6.45, 7) is 7.48. The molecule has 2 aromatic heterocycles. The van der Waals surface area contributed by atoms with Crippen LogP contribution in [0.1, 0.15) is 94.8 Å². The summed E-state index contributed by atoms with van der Waals surface area (Å²) in [7, 11) is 0. The van der Waals surface area contributed by atoms with E-state index in [4.69, 9.17) is 47.0 Å². The van der Waals surface area contributed by atoms with Crippen LogP contribution in [0.2, 0.25) is 0 Å². The number of furan rings is 1. The van der Waals surface area contributed by atoms with Crippen molar-refractivity contribution in [1.82, 2.24) is 4.98 Å². The van der Waals surface area contributed by atoms with Gasteiger partial charge in [-0.05, 0) is 45.0 Å². The number of carbonyl (C=O) groups is 8. The van der Waals surface area contributed by atoms with Crippen LogP contribution in [0.4, 0.5) is 0 Å². The standard InChI is InChI=1S/C41H47NO20/c1-18-27-24(12-10-14-42-27)34(48)55-16-37(7)26-28(56-20(3)44)32(58-22(5)46)40(17-54-19(2)43)33(59-23(6)47)29(60-35(49)25-13-11-15-53-25)31(61-36(50)38(18,8)51)39(9,52)41(40,62-37)30(26)57-21(4)45/h10-15,18,26,28-33,51-52H,16-17H2,1-9H3. The predicted octanol–water partition coefficient (Wildman–Crippen LogP) is 1.04. The third-order valence-electron chi connectivity index (χ3n) is 12.2. The average Bonchev–Trinajstić information content (AvgIpc) is 3.79. The van der Waals surface area contributed by atoms with Gasteiger partial charge in [-0.1, -0.05) is 6.92 Å². The van der Waals surface area contributed by atoms with Crippen LogP contribution in [0, 0.1) is 11.3 Å². The Balaban J connectivity index is 1.81. The van der Waals surface area contributed by atoms with Gasteiger partial charge in [0.25, 0.3) is 0 Å². The van der Waals surface area contributed by atoms with Crippen LogP contribution in [-0.2, 0) is 71.4 Å². The molecule has 21 heteroatoms. The first-order valence-electron chi connectivity index (χ1n) is 19.4. The van der Waals surface area contributed by atoms with E-state index in [1.807, 2.05) is 0 Å². The lowest BCUT2D eigenvalue weighted by Crippen LogP contribution is -2.89. The summed E-state index contributed by atoms with van der Waals surface area (Å²) < 4.78 is 59.8. The van der Waals surface area contributed by atoms with E-state index in [2.05, 4.69) is 4.98 Å². The number of nitrogens with zero attached hydrogens (tertiary/aromatic N) is 1. The molecule has 0 aromatic carbocycles. The summed E-state index contributed by atoms with van der Waals surface area (Å²) in [6.07, 6.45) is -10.6. The summed E-state index contributed by atoms with van der Waals surface area (Å²) in [5.41, 5.74) is -13.8. The Morgan fingerprint density at radius 2 is 1.39 bits per heavy atom. The zero-order valence-electron chi connectivity index (χ0n) is 35.2. The fraction of sp³-hybridized carbons (Fsp3) is 0.585. The molecule has 2 aliphatic heterocycles. The van der Waals surface area contributed by atoms with E-state index in [-0.39, 0.29) is 11.3 Å². The molecule has 6 rings (SSSR count). The highest BCUT2D eigenvalue weighted by Crippen LogP contribution is 2.70. The van der Waals surface area contributed by atoms with Crippen molar-refractivity contribution < 1.29 is 95.6 Å². The van der Waals surface area contributed by atoms with E-state index in [9.17, 15) is 48.6 Å². The molecular formula is C41H47NO20. The Morgan fingerprint density at radius 1 is 0.790 bits per heavy atom. The van der Waals surface area contributed by atoms with Gasteiger partial charge in [0.15, 0.2) is 35.6 Å². The lowest BCUT2D eigenvalue weighted by molar-refractivity contribution is -0.386. The maximum Gasteiger partial charge on any atom is 0.374 e. The molecule has 62 heavy (non-hydrogen) atoms. The summed E-state index contributed by atoms with van der Waals surface area (Å²) in [5.74, 6) is -12.8. The molecule has 0 amide bonds. The summed E-state index contributed by atoms with van der Waals surface area (Å²) >= 11 is 0. The minimum Gasteiger partial charge on any atom is -0.465 e. The Morgan fingerprint density at radius 3 is 1.95 bits per heavy atom. The Kier molecular flexibility index (Phi) is 11.8. The van der Waals surface area contributed by atoms with Crippen molar-refractivity contribution in [2.75, 3.05) is 13.2 Å². The average molecular weight is 874 g/mol. The molecule has 21 nitrogen and oxygen atoms in total. The molecular weight excluding hydrogens is 826 g/mol. The summed E-state index contributed by atoms with van der Waals surface area (Å²) in [4.78, 5) is 113. The second-order valence-corrected chi connectivity index (χ2v) is 16.4. The normalized spacial score (nSPS) is 37.3. The molecule has 336 valence electrons. The minimum absolute atomic E-state index is 0.149. The number of ether oxygens (including phenoxy) is 9. The number of fused-ring (bicyclic) bond motifs is 5. The molecule has 4 aliphatic rings. The second-order valence-electron chi connectivity index (χ2n) is 16.4. The highest BCUT2D eigenvalue weighted by Gasteiger charge is 2.92. The molecule has 0 radical (unpaired) electrons. The summed E-state index contributed by atoms with van der Waals surface area (Å²) in [5, 5.41) is 25.6. The first-order chi connectivity index (χ1) is 28.9. The predicted molar refractivity (Wildman–Crippen MR) is 199 cm³/mol. The number of hydrogen-bond donors (Lipinski definition) is 2. The molecule has 13 unspecified atom stereocenters. The van der Waals surface area contributed by atoms with Crippen LogP contribution in [0.5, 0.6) is 0 Å². The maximum atomic E-state index is 14.6. The quantitative estimate of drug-likeness (QED) is 0.277. The van der Waals surface area contributed by atoms with Crippen molar-refractivity contribution in [2.24, 2.45) is 11.3 Å². The number of hydrogen-bond acceptors (Lipinski definition) is 21. The molecule has 4 heterocycles. The lowest BCUT2D eigenvalue weighted by atomic mass is 9.45. The van der Waals surface area contributed by atoms with Crippen LogP contribution in [0.25, 0.3) is 0 Å². The van der Waals surface area contributed by atoms with Crippen molar-refractivity contribution >= 4 is 47.8 Å². The molecule has 2 N–H and O–H groups in total. The van der Waals surface area contributed by atoms with Gasteiger partial charge < -0.3 is 57.3 Å². The molecule has 2 saturated carbocycles. The van der Waals surface area contributed by atoms with E-state index >= 15 is 0 Å². The Hall–Kier alpha value is -5.93. The van der Waals surface area contributed by atoms with Crippen molar-refractivity contribution in [3.63, 3.8) is 0 Å². The van der Waals surface area contributed by atoms with E-state index in [0.717, 1.165) is 54.7 Å². The largest absolute Gasteiger partial charge is 0.465 e. The zero-order chi connectivity index (χ0) is 45.9. The fourth-order valence-corrected chi connectivity index (χ4v) is 9.62. The minimum atomic E-state index is -3.02. The molecule has 2 aliphatic carbocycles. The molecule has 3 fully saturated rings. The van der Waals surface area contributed by atoms with E-state index in [0.29, 0.717) is 0 Å². The number of aromatic nitrogens is 1. The van der Waals surface area contributed by atoms with Gasteiger partial charge >= 0.3 is 47.8 Å². The topological polar surface area (TPSA) is 286 Å². The highest BCUT2D eigenvalue weighted by atomic mass is 16.7. The van der Waals surface area contributed by atoms with Crippen LogP contribution in [-0.4, -0.2) is 135 Å². The smallest absolute Gasteiger partial charge is 0.374 e. The zero-order valence-corrected chi connectivity index (χ0v) is 35.2. The molecule has 1 spiro atoms. The van der Waals surface area contributed by atoms with E-state index in [1.165, 1.54) is 44.3 Å². The van der Waals surface area contributed by atoms with Crippen molar-refractivity contribution in [1.29, 1.82) is 0 Å². The van der Waals surface area contributed by atoms with E-state index < -0.39 is 143 Å². The second kappa shape index (κ2) is 16.1. The molecule has 13 atom stereocenters. The van der Waals surface area contributed by atoms with Gasteiger partial charge in [-0.3, -0.25) is 29.0 Å². The van der Waals surface area contributed by atoms with Gasteiger partial charge in [0.1, 0.15) is 42.0 Å². The van der Waals surface area contributed by atoms with Crippen molar-refractivity contribution in [2.45, 2.75) is 127 Å². The highest BCUT2D eigenvalue weighted by molar-refractivity contribution is 5.91. The third kappa shape index (κ3) is 7.14. The van der Waals surface area contributed by atoms with Crippen LogP contribution >= 0.6 is 0 Å². The van der Waals surface area contributed by atoms with E-state index in [1.54, 1.807) is 0 Å². The third-order valence-corrected chi connectivity index (χ3v) is 12.2. The number of rotatable bonds is 8. The SMILES string of the molecule is CC(=O)OCC12C(OC(C)=O)C(OC(C)=O)C3C(OC(C)=O)C14OC3(C)COC(=O)c1cccnc1C(C)C(C)(O)C(=O)OC(C(OC(=O)c1ccco1)C2OC(C)=O)C4(C)O. The number of esters is 8. The van der Waals surface area contributed by atoms with Gasteiger partial charge in [0.2, 0.25) is 5.76 Å². The van der Waals surface area contributed by atoms with Crippen molar-refractivity contribution in [3.05, 3.63) is 53.7 Å². The molecule has 4 bridgehead atoms. The van der Waals surface area contributed by atoms with Crippen LogP contribution in [0.15, 0.2) is 41.1 Å². The summed E-state index contributed by atoms with van der Waals surface area (Å²) in [6, 6.07) is 5.20. The Labute approximate surface area is 353 Å². The number of pyridine rings is 1. The monoisotopic (exact) mass is 873 g/mol. The fourth-order valence-electron chi connectivity index (χ4n) is 9.62. The number of carbonyl (C=O) groups excluding carboxylic acids is 8. The number of aliphatic hydroxyl groups is 2. The van der Waals surface area contributed by atoms with Gasteiger partial charge in [-0.25, -0.2) is 14.4 Å². The van der Waals surface area contributed by atoms with Gasteiger partial charge in [-0.15, -0.1) is 0 Å². The first-order valence-corrected chi connectivity index (χ1v) is 19.4. The Bertz CT molecular complexity index is 2170. The van der Waals surface area contributed by atoms with Crippen molar-refractivity contribution in [3.8, 4) is 0 Å². The van der Waals surface area contributed by atoms with Crippen LogP contribution < -0.4 is 0 Å². The van der Waals surface area contributed by atoms with Gasteiger partial charge in [0.05, 0.1) is 23.4 Å². The molecule has 1 saturated heterocycles. The van der Waals surface area contributed by atoms with Gasteiger partial charge in [0, 0.05) is 46.7 Å². The first kappa shape index (κ1) is 45.6.